The molecule has 0 unspecified atom stereocenters. The average molecular weight is 149 g/mol. The molecule has 0 aromatic rings. The maximum Gasteiger partial charge on any atom is 0.488 e. The largest absolute Gasteiger partial charge is 0.488 e. The van der Waals surface area contributed by atoms with Crippen LogP contribution in [-0.4, -0.2) is 17.2 Å². The van der Waals surface area contributed by atoms with E-state index in [0.717, 1.165) is 0 Å². The SMILES string of the molecule is N#CC1=CC(B(O)O)=CCC1. The minimum absolute atomic E-state index is 0.424. The highest BCUT2D eigenvalue weighted by Gasteiger charge is 2.15. The van der Waals surface area contributed by atoms with Crippen LogP contribution in [0, 0.1) is 11.3 Å². The molecule has 0 amide bonds. The third kappa shape index (κ3) is 1.94. The Hall–Kier alpha value is -1.05. The normalized spacial score (nSPS) is 16.5. The highest BCUT2D eigenvalue weighted by molar-refractivity contribution is 6.51. The van der Waals surface area contributed by atoms with Crippen molar-refractivity contribution < 1.29 is 10.0 Å². The zero-order chi connectivity index (χ0) is 8.27. The summed E-state index contributed by atoms with van der Waals surface area (Å²) in [6.45, 7) is 0. The molecule has 0 aliphatic heterocycles. The van der Waals surface area contributed by atoms with Crippen LogP contribution >= 0.6 is 0 Å². The molecule has 4 heteroatoms. The van der Waals surface area contributed by atoms with Crippen molar-refractivity contribution in [3.05, 3.63) is 23.2 Å². The van der Waals surface area contributed by atoms with E-state index in [1.54, 1.807) is 6.08 Å². The summed E-state index contributed by atoms with van der Waals surface area (Å²) in [5.74, 6) is 0. The molecule has 0 fully saturated rings. The minimum atomic E-state index is -1.45. The average Bonchev–Trinajstić information content (AvgIpc) is 2.05. The lowest BCUT2D eigenvalue weighted by Gasteiger charge is -2.06. The molecule has 3 nitrogen and oxygen atoms in total. The fourth-order valence-corrected chi connectivity index (χ4v) is 0.995. The Morgan fingerprint density at radius 2 is 2.27 bits per heavy atom. The van der Waals surface area contributed by atoms with Crippen LogP contribution < -0.4 is 0 Å². The Labute approximate surface area is 65.4 Å². The number of nitrogens with zero attached hydrogens (tertiary/aromatic N) is 1. The molecule has 0 atom stereocenters. The van der Waals surface area contributed by atoms with Gasteiger partial charge in [-0.2, -0.15) is 5.26 Å². The molecule has 2 N–H and O–H groups in total. The van der Waals surface area contributed by atoms with Crippen LogP contribution in [0.3, 0.4) is 0 Å². The molecule has 11 heavy (non-hydrogen) atoms. The van der Waals surface area contributed by atoms with E-state index in [1.165, 1.54) is 6.08 Å². The number of nitriles is 1. The first-order chi connectivity index (χ1) is 5.24. The van der Waals surface area contributed by atoms with Crippen molar-refractivity contribution in [3.8, 4) is 6.07 Å². The van der Waals surface area contributed by atoms with E-state index >= 15 is 0 Å². The van der Waals surface area contributed by atoms with Crippen LogP contribution in [0.1, 0.15) is 12.8 Å². The second kappa shape index (κ2) is 3.38. The van der Waals surface area contributed by atoms with E-state index in [0.29, 0.717) is 23.9 Å². The van der Waals surface area contributed by atoms with Crippen molar-refractivity contribution in [3.63, 3.8) is 0 Å². The predicted molar refractivity (Wildman–Crippen MR) is 41.2 cm³/mol. The molecule has 1 aliphatic rings. The quantitative estimate of drug-likeness (QED) is 0.522. The molecule has 1 aliphatic carbocycles. The van der Waals surface area contributed by atoms with Crippen molar-refractivity contribution >= 4 is 7.12 Å². The van der Waals surface area contributed by atoms with Gasteiger partial charge in [-0.1, -0.05) is 6.08 Å². The third-order valence-electron chi connectivity index (χ3n) is 1.58. The standard InChI is InChI=1S/C7H8BNO2/c9-5-6-2-1-3-7(4-6)8(10)11/h3-4,10-11H,1-2H2. The minimum Gasteiger partial charge on any atom is -0.423 e. The molecule has 0 aromatic heterocycles. The van der Waals surface area contributed by atoms with E-state index in [1.807, 2.05) is 6.07 Å². The van der Waals surface area contributed by atoms with Crippen molar-refractivity contribution in [2.24, 2.45) is 0 Å². The molecule has 56 valence electrons. The Kier molecular flexibility index (Phi) is 2.47. The second-order valence-electron chi connectivity index (χ2n) is 2.40. The number of hydrogen-bond acceptors (Lipinski definition) is 3. The first kappa shape index (κ1) is 8.06. The number of hydrogen-bond donors (Lipinski definition) is 2. The molecule has 0 saturated heterocycles. The van der Waals surface area contributed by atoms with Crippen LogP contribution in [0.2, 0.25) is 0 Å². The molecule has 1 rings (SSSR count). The van der Waals surface area contributed by atoms with Crippen molar-refractivity contribution in [2.45, 2.75) is 12.8 Å². The van der Waals surface area contributed by atoms with Gasteiger partial charge in [0.1, 0.15) is 0 Å². The molecule has 0 radical (unpaired) electrons. The maximum absolute atomic E-state index is 8.72. The summed E-state index contributed by atoms with van der Waals surface area (Å²) in [4.78, 5) is 0. The molecule has 0 bridgehead atoms. The first-order valence-corrected chi connectivity index (χ1v) is 3.41. The van der Waals surface area contributed by atoms with Crippen molar-refractivity contribution in [1.82, 2.24) is 0 Å². The van der Waals surface area contributed by atoms with E-state index < -0.39 is 7.12 Å². The fraction of sp³-hybridized carbons (Fsp3) is 0.286. The van der Waals surface area contributed by atoms with Crippen LogP contribution in [0.4, 0.5) is 0 Å². The summed E-state index contributed by atoms with van der Waals surface area (Å²) in [7, 11) is -1.45. The smallest absolute Gasteiger partial charge is 0.423 e. The highest BCUT2D eigenvalue weighted by atomic mass is 16.4. The molecule has 0 heterocycles. The van der Waals surface area contributed by atoms with Gasteiger partial charge in [0, 0.05) is 5.57 Å². The van der Waals surface area contributed by atoms with Gasteiger partial charge in [-0.25, -0.2) is 0 Å². The monoisotopic (exact) mass is 149 g/mol. The van der Waals surface area contributed by atoms with E-state index in [9.17, 15) is 0 Å². The van der Waals surface area contributed by atoms with Crippen molar-refractivity contribution in [1.29, 1.82) is 5.26 Å². The summed E-state index contributed by atoms with van der Waals surface area (Å²) in [6.07, 6.45) is 4.67. The lowest BCUT2D eigenvalue weighted by molar-refractivity contribution is 0.420. The van der Waals surface area contributed by atoms with Crippen LogP contribution in [0.5, 0.6) is 0 Å². The molecular weight excluding hydrogens is 141 g/mol. The van der Waals surface area contributed by atoms with Gasteiger partial charge in [0.15, 0.2) is 0 Å². The van der Waals surface area contributed by atoms with Gasteiger partial charge in [0.2, 0.25) is 0 Å². The molecular formula is C7H8BNO2. The van der Waals surface area contributed by atoms with Crippen LogP contribution in [-0.2, 0) is 0 Å². The summed E-state index contributed by atoms with van der Waals surface area (Å²) in [6, 6.07) is 1.99. The van der Waals surface area contributed by atoms with Gasteiger partial charge in [-0.15, -0.1) is 0 Å². The topological polar surface area (TPSA) is 64.2 Å². The third-order valence-corrected chi connectivity index (χ3v) is 1.58. The van der Waals surface area contributed by atoms with Gasteiger partial charge in [0.05, 0.1) is 6.07 Å². The molecule has 0 saturated carbocycles. The van der Waals surface area contributed by atoms with Gasteiger partial charge < -0.3 is 10.0 Å². The predicted octanol–water partition coefficient (Wildman–Crippen LogP) is 0.169. The summed E-state index contributed by atoms with van der Waals surface area (Å²) < 4.78 is 0. The summed E-state index contributed by atoms with van der Waals surface area (Å²) in [5, 5.41) is 25.9. The van der Waals surface area contributed by atoms with Gasteiger partial charge in [-0.3, -0.25) is 0 Å². The van der Waals surface area contributed by atoms with E-state index in [-0.39, 0.29) is 0 Å². The Bertz CT molecular complexity index is 250. The van der Waals surface area contributed by atoms with Crippen molar-refractivity contribution in [2.75, 3.05) is 0 Å². The number of rotatable bonds is 1. The molecule has 0 spiro atoms. The zero-order valence-electron chi connectivity index (χ0n) is 5.99. The highest BCUT2D eigenvalue weighted by Crippen LogP contribution is 2.16. The van der Waals surface area contributed by atoms with E-state index in [2.05, 4.69) is 0 Å². The maximum atomic E-state index is 8.72. The van der Waals surface area contributed by atoms with Crippen LogP contribution in [0.15, 0.2) is 23.2 Å². The Morgan fingerprint density at radius 1 is 1.55 bits per heavy atom. The number of allylic oxidation sites excluding steroid dienone is 4. The molecule has 0 aromatic carbocycles. The lowest BCUT2D eigenvalue weighted by Crippen LogP contribution is -2.15. The van der Waals surface area contributed by atoms with Gasteiger partial charge >= 0.3 is 7.12 Å². The Morgan fingerprint density at radius 3 is 2.82 bits per heavy atom. The summed E-state index contributed by atoms with van der Waals surface area (Å²) >= 11 is 0. The second-order valence-corrected chi connectivity index (χ2v) is 2.40. The van der Waals surface area contributed by atoms with Gasteiger partial charge in [0.25, 0.3) is 0 Å². The van der Waals surface area contributed by atoms with Crippen LogP contribution in [0.25, 0.3) is 0 Å². The lowest BCUT2D eigenvalue weighted by atomic mass is 9.75. The Balaban J connectivity index is 2.78. The summed E-state index contributed by atoms with van der Waals surface area (Å²) in [5.41, 5.74) is 1.03. The van der Waals surface area contributed by atoms with E-state index in [4.69, 9.17) is 15.3 Å². The van der Waals surface area contributed by atoms with Gasteiger partial charge in [-0.05, 0) is 24.4 Å². The fourth-order valence-electron chi connectivity index (χ4n) is 0.995. The first-order valence-electron chi connectivity index (χ1n) is 3.41. The zero-order valence-corrected chi connectivity index (χ0v) is 5.99.